The van der Waals surface area contributed by atoms with Gasteiger partial charge in [-0.25, -0.2) is 12.8 Å². The third-order valence-corrected chi connectivity index (χ3v) is 7.01. The molecule has 2 aromatic carbocycles. The first-order chi connectivity index (χ1) is 14.7. The number of hydrogen-bond donors (Lipinski definition) is 2. The van der Waals surface area contributed by atoms with Crippen LogP contribution in [0, 0.1) is 5.82 Å². The van der Waals surface area contributed by atoms with Crippen LogP contribution in [-0.4, -0.2) is 26.8 Å². The Balaban J connectivity index is 1.59. The highest BCUT2D eigenvalue weighted by atomic mass is 32.2. The van der Waals surface area contributed by atoms with E-state index < -0.39 is 21.7 Å². The summed E-state index contributed by atoms with van der Waals surface area (Å²) in [7, 11) is -4.08. The molecular weight excluding hydrogens is 441 g/mol. The number of sulfonamides is 1. The molecule has 0 fully saturated rings. The first-order valence-corrected chi connectivity index (χ1v) is 11.7. The van der Waals surface area contributed by atoms with E-state index in [-0.39, 0.29) is 22.2 Å². The molecule has 10 heteroatoms. The lowest BCUT2D eigenvalue weighted by atomic mass is 10.1. The molecular formula is C21H18FN3O4S2. The number of anilines is 3. The molecule has 160 valence electrons. The summed E-state index contributed by atoms with van der Waals surface area (Å²) in [6.07, 6.45) is 0.676. The van der Waals surface area contributed by atoms with E-state index in [0.717, 1.165) is 11.6 Å². The number of fused-ring (bicyclic) bond motifs is 1. The number of amides is 2. The highest BCUT2D eigenvalue weighted by Crippen LogP contribution is 2.33. The smallest absolute Gasteiger partial charge is 0.268 e. The maximum atomic E-state index is 14.2. The van der Waals surface area contributed by atoms with E-state index in [0.29, 0.717) is 23.5 Å². The van der Waals surface area contributed by atoms with Crippen molar-refractivity contribution in [1.82, 2.24) is 0 Å². The highest BCUT2D eigenvalue weighted by molar-refractivity contribution is 7.92. The summed E-state index contributed by atoms with van der Waals surface area (Å²) in [5.74, 6) is -1.46. The molecule has 0 bridgehead atoms. The molecule has 0 saturated heterocycles. The number of benzene rings is 2. The van der Waals surface area contributed by atoms with Crippen LogP contribution in [0.25, 0.3) is 0 Å². The second-order valence-electron chi connectivity index (χ2n) is 6.96. The Labute approximate surface area is 182 Å². The van der Waals surface area contributed by atoms with Gasteiger partial charge in [0.25, 0.3) is 15.9 Å². The predicted molar refractivity (Wildman–Crippen MR) is 118 cm³/mol. The third kappa shape index (κ3) is 4.30. The van der Waals surface area contributed by atoms with Gasteiger partial charge in [0.05, 0.1) is 21.1 Å². The van der Waals surface area contributed by atoms with E-state index in [2.05, 4.69) is 10.0 Å². The zero-order valence-corrected chi connectivity index (χ0v) is 18.0. The Hall–Kier alpha value is -3.24. The fourth-order valence-corrected chi connectivity index (χ4v) is 5.09. The monoisotopic (exact) mass is 459 g/mol. The number of thiophene rings is 1. The molecule has 1 aliphatic heterocycles. The van der Waals surface area contributed by atoms with Gasteiger partial charge in [0.15, 0.2) is 0 Å². The van der Waals surface area contributed by atoms with Gasteiger partial charge in [0.1, 0.15) is 5.82 Å². The Morgan fingerprint density at radius 2 is 1.94 bits per heavy atom. The van der Waals surface area contributed by atoms with Crippen molar-refractivity contribution in [3.8, 4) is 0 Å². The Kier molecular flexibility index (Phi) is 5.50. The van der Waals surface area contributed by atoms with Crippen molar-refractivity contribution in [1.29, 1.82) is 0 Å². The topological polar surface area (TPSA) is 95.6 Å². The summed E-state index contributed by atoms with van der Waals surface area (Å²) in [6.45, 7) is 1.74. The summed E-state index contributed by atoms with van der Waals surface area (Å²) < 4.78 is 42.1. The average molecular weight is 460 g/mol. The molecule has 0 saturated carbocycles. The molecule has 3 aromatic rings. The third-order valence-electron chi connectivity index (χ3n) is 4.77. The molecule has 7 nitrogen and oxygen atoms in total. The quantitative estimate of drug-likeness (QED) is 0.606. The van der Waals surface area contributed by atoms with Gasteiger partial charge in [0.2, 0.25) is 5.91 Å². The molecule has 1 aromatic heterocycles. The molecule has 31 heavy (non-hydrogen) atoms. The van der Waals surface area contributed by atoms with Crippen LogP contribution in [-0.2, 0) is 21.2 Å². The lowest BCUT2D eigenvalue weighted by Gasteiger charge is -2.17. The molecule has 2 amide bonds. The summed E-state index contributed by atoms with van der Waals surface area (Å²) >= 11 is 1.35. The van der Waals surface area contributed by atoms with Crippen molar-refractivity contribution < 1.29 is 22.4 Å². The molecule has 0 aliphatic carbocycles. The Bertz CT molecular complexity index is 1270. The number of carbonyl (C=O) groups is 2. The molecule has 0 spiro atoms. The molecule has 2 N–H and O–H groups in total. The number of nitrogens with zero attached hydrogens (tertiary/aromatic N) is 1. The molecule has 4 rings (SSSR count). The van der Waals surface area contributed by atoms with Gasteiger partial charge in [-0.1, -0.05) is 12.1 Å². The number of carbonyl (C=O) groups excluding carboxylic acids is 2. The van der Waals surface area contributed by atoms with Gasteiger partial charge in [-0.3, -0.25) is 14.3 Å². The largest absolute Gasteiger partial charge is 0.324 e. The first-order valence-electron chi connectivity index (χ1n) is 9.33. The maximum absolute atomic E-state index is 14.2. The van der Waals surface area contributed by atoms with E-state index in [1.807, 2.05) is 5.38 Å². The van der Waals surface area contributed by atoms with Crippen molar-refractivity contribution in [3.05, 3.63) is 70.2 Å². The van der Waals surface area contributed by atoms with Gasteiger partial charge in [-0.15, -0.1) is 11.3 Å². The number of hydrogen-bond acceptors (Lipinski definition) is 5. The van der Waals surface area contributed by atoms with Crippen molar-refractivity contribution in [3.63, 3.8) is 0 Å². The second kappa shape index (κ2) is 8.12. The van der Waals surface area contributed by atoms with Crippen LogP contribution in [0.3, 0.4) is 0 Å². The lowest BCUT2D eigenvalue weighted by molar-refractivity contribution is -0.114. The normalized spacial score (nSPS) is 13.0. The first kappa shape index (κ1) is 21.0. The molecule has 0 unspecified atom stereocenters. The van der Waals surface area contributed by atoms with E-state index in [4.69, 9.17) is 0 Å². The Morgan fingerprint density at radius 1 is 1.13 bits per heavy atom. The SMILES string of the molecule is CC(=O)Nc1ccc(S(=O)(=O)Nc2ccc3c(c2)N(C(=O)c2cccs2)CC3)cc1F. The maximum Gasteiger partial charge on any atom is 0.268 e. The zero-order valence-electron chi connectivity index (χ0n) is 16.4. The standard InChI is InChI=1S/C21H18FN3O4S2/c1-13(26)23-18-7-6-16(12-17(18)22)31(28,29)24-15-5-4-14-8-9-25(19(14)11-15)21(27)20-3-2-10-30-20/h2-7,10-12,24H,8-9H2,1H3,(H,23,26). The zero-order chi connectivity index (χ0) is 22.2. The molecule has 1 aliphatic rings. The van der Waals surface area contributed by atoms with Crippen LogP contribution in [0.1, 0.15) is 22.2 Å². The summed E-state index contributed by atoms with van der Waals surface area (Å²) in [4.78, 5) is 25.8. The minimum Gasteiger partial charge on any atom is -0.324 e. The molecule has 0 radical (unpaired) electrons. The van der Waals surface area contributed by atoms with Crippen LogP contribution in [0.2, 0.25) is 0 Å². The number of halogens is 1. The fourth-order valence-electron chi connectivity index (χ4n) is 3.36. The van der Waals surface area contributed by atoms with E-state index in [1.54, 1.807) is 35.2 Å². The molecule has 0 atom stereocenters. The Morgan fingerprint density at radius 3 is 2.61 bits per heavy atom. The summed E-state index contributed by atoms with van der Waals surface area (Å²) in [5.41, 5.74) is 1.74. The summed E-state index contributed by atoms with van der Waals surface area (Å²) in [6, 6.07) is 11.8. The minimum atomic E-state index is -4.08. The number of nitrogens with one attached hydrogen (secondary N) is 2. The van der Waals surface area contributed by atoms with Gasteiger partial charge in [-0.05, 0) is 53.8 Å². The van der Waals surface area contributed by atoms with Crippen molar-refractivity contribution in [2.24, 2.45) is 0 Å². The van der Waals surface area contributed by atoms with Crippen molar-refractivity contribution >= 4 is 50.2 Å². The van der Waals surface area contributed by atoms with E-state index in [9.17, 15) is 22.4 Å². The molecule has 2 heterocycles. The minimum absolute atomic E-state index is 0.105. The van der Waals surface area contributed by atoms with Crippen LogP contribution in [0.5, 0.6) is 0 Å². The van der Waals surface area contributed by atoms with Gasteiger partial charge >= 0.3 is 0 Å². The van der Waals surface area contributed by atoms with Crippen LogP contribution in [0.4, 0.5) is 21.5 Å². The summed E-state index contributed by atoms with van der Waals surface area (Å²) in [5, 5.41) is 4.12. The van der Waals surface area contributed by atoms with Gasteiger partial charge in [-0.2, -0.15) is 0 Å². The van der Waals surface area contributed by atoms with Crippen LogP contribution >= 0.6 is 11.3 Å². The predicted octanol–water partition coefficient (Wildman–Crippen LogP) is 3.85. The van der Waals surface area contributed by atoms with Crippen molar-refractivity contribution in [2.75, 3.05) is 21.5 Å². The van der Waals surface area contributed by atoms with E-state index >= 15 is 0 Å². The van der Waals surface area contributed by atoms with Gasteiger partial charge < -0.3 is 10.2 Å². The highest BCUT2D eigenvalue weighted by Gasteiger charge is 2.27. The van der Waals surface area contributed by atoms with Crippen molar-refractivity contribution in [2.45, 2.75) is 18.2 Å². The average Bonchev–Trinajstić information content (AvgIpc) is 3.38. The van der Waals surface area contributed by atoms with Crippen LogP contribution in [0.15, 0.2) is 58.8 Å². The van der Waals surface area contributed by atoms with Gasteiger partial charge in [0, 0.05) is 19.2 Å². The number of rotatable bonds is 5. The fraction of sp³-hybridized carbons (Fsp3) is 0.143. The van der Waals surface area contributed by atoms with Crippen LogP contribution < -0.4 is 14.9 Å². The second-order valence-corrected chi connectivity index (χ2v) is 9.59. The van der Waals surface area contributed by atoms with E-state index in [1.165, 1.54) is 30.4 Å². The lowest BCUT2D eigenvalue weighted by Crippen LogP contribution is -2.28.